The van der Waals surface area contributed by atoms with E-state index in [1.807, 2.05) is 32.0 Å². The van der Waals surface area contributed by atoms with Crippen LogP contribution in [0.3, 0.4) is 0 Å². The van der Waals surface area contributed by atoms with Gasteiger partial charge < -0.3 is 14.8 Å². The van der Waals surface area contributed by atoms with Gasteiger partial charge in [-0.3, -0.25) is 5.32 Å². The Balaban J connectivity index is 1.93. The number of anilines is 1. The lowest BCUT2D eigenvalue weighted by molar-refractivity contribution is -0.136. The lowest BCUT2D eigenvalue weighted by atomic mass is 9.81. The molecule has 2 amide bonds. The average Bonchev–Trinajstić information content (AvgIpc) is 2.92. The molecule has 7 heteroatoms. The Morgan fingerprint density at radius 1 is 1.04 bits per heavy atom. The number of hydrogen-bond acceptors (Lipinski definition) is 4. The molecule has 2 N–H and O–H groups in total. The molecule has 0 spiro atoms. The van der Waals surface area contributed by atoms with Crippen molar-refractivity contribution in [2.45, 2.75) is 25.4 Å². The third-order valence-electron chi connectivity index (χ3n) is 4.46. The fraction of sp³-hybridized carbons (Fsp3) is 0.238. The maximum Gasteiger partial charge on any atom is 0.339 e. The number of carbonyl (C=O) groups excluding carboxylic acids is 2. The molecule has 1 aliphatic heterocycles. The van der Waals surface area contributed by atoms with Gasteiger partial charge in [-0.2, -0.15) is 0 Å². The molecule has 3 rings (SSSR count). The first-order chi connectivity index (χ1) is 13.3. The fourth-order valence-electron chi connectivity index (χ4n) is 3.28. The third kappa shape index (κ3) is 4.12. The van der Waals surface area contributed by atoms with Crippen molar-refractivity contribution in [1.29, 1.82) is 0 Å². The van der Waals surface area contributed by atoms with Crippen LogP contribution in [-0.4, -0.2) is 24.7 Å². The van der Waals surface area contributed by atoms with Crippen LogP contribution in [0.25, 0.3) is 0 Å². The van der Waals surface area contributed by atoms with Crippen LogP contribution < -0.4 is 10.6 Å². The van der Waals surface area contributed by atoms with Gasteiger partial charge in [0.2, 0.25) is 5.88 Å². The summed E-state index contributed by atoms with van der Waals surface area (Å²) in [4.78, 5) is 25.0. The normalized spacial score (nSPS) is 17.6. The molecule has 1 aliphatic rings. The number of amides is 2. The van der Waals surface area contributed by atoms with E-state index in [1.165, 1.54) is 7.11 Å². The highest BCUT2D eigenvalue weighted by atomic mass is 35.5. The van der Waals surface area contributed by atoms with Gasteiger partial charge in [0.1, 0.15) is 11.2 Å². The SMILES string of the molecule is COC(=O)C1=C(NC(=O)Nc2ccccc2)OC(C)(C)C1c1ccc(Cl)cc1. The van der Waals surface area contributed by atoms with Gasteiger partial charge in [-0.15, -0.1) is 0 Å². The quantitative estimate of drug-likeness (QED) is 0.744. The maximum atomic E-state index is 12.5. The number of para-hydroxylation sites is 1. The minimum absolute atomic E-state index is 0.0743. The van der Waals surface area contributed by atoms with Crippen molar-refractivity contribution in [2.24, 2.45) is 0 Å². The van der Waals surface area contributed by atoms with Crippen LogP contribution in [0.4, 0.5) is 10.5 Å². The van der Waals surface area contributed by atoms with Crippen LogP contribution in [0.1, 0.15) is 25.3 Å². The fourth-order valence-corrected chi connectivity index (χ4v) is 3.41. The second-order valence-corrected chi connectivity index (χ2v) is 7.31. The number of halogens is 1. The van der Waals surface area contributed by atoms with E-state index in [-0.39, 0.29) is 11.5 Å². The molecule has 0 aliphatic carbocycles. The topological polar surface area (TPSA) is 76.7 Å². The molecule has 0 aromatic heterocycles. The van der Waals surface area contributed by atoms with Gasteiger partial charge in [0.05, 0.1) is 13.0 Å². The lowest BCUT2D eigenvalue weighted by Gasteiger charge is -2.28. The minimum atomic E-state index is -0.785. The van der Waals surface area contributed by atoms with Crippen molar-refractivity contribution in [1.82, 2.24) is 5.32 Å². The van der Waals surface area contributed by atoms with Crippen LogP contribution >= 0.6 is 11.6 Å². The van der Waals surface area contributed by atoms with Gasteiger partial charge in [0, 0.05) is 10.7 Å². The number of nitrogens with one attached hydrogen (secondary N) is 2. The molecular formula is C21H21ClN2O4. The molecule has 28 heavy (non-hydrogen) atoms. The summed E-state index contributed by atoms with van der Waals surface area (Å²) in [5.74, 6) is -0.935. The summed E-state index contributed by atoms with van der Waals surface area (Å²) in [5.41, 5.74) is 0.909. The molecule has 0 saturated carbocycles. The van der Waals surface area contributed by atoms with Crippen LogP contribution in [0, 0.1) is 0 Å². The molecule has 0 bridgehead atoms. The highest BCUT2D eigenvalue weighted by Gasteiger charge is 2.48. The van der Waals surface area contributed by atoms with Crippen molar-refractivity contribution in [2.75, 3.05) is 12.4 Å². The van der Waals surface area contributed by atoms with Gasteiger partial charge in [0.15, 0.2) is 0 Å². The van der Waals surface area contributed by atoms with E-state index in [1.54, 1.807) is 36.4 Å². The Labute approximate surface area is 168 Å². The first-order valence-corrected chi connectivity index (χ1v) is 9.09. The molecule has 1 unspecified atom stereocenters. The van der Waals surface area contributed by atoms with Crippen LogP contribution in [0.15, 0.2) is 66.1 Å². The molecule has 0 fully saturated rings. The summed E-state index contributed by atoms with van der Waals surface area (Å²) in [7, 11) is 1.29. The Bertz CT molecular complexity index is 908. The monoisotopic (exact) mass is 400 g/mol. The standard InChI is InChI=1S/C21H21ClN2O4/c1-21(2)17(13-9-11-14(22)12-10-13)16(19(25)27-3)18(28-21)24-20(26)23-15-7-5-4-6-8-15/h4-12,17H,1-3H3,(H2,23,24,26). The molecule has 146 valence electrons. The maximum absolute atomic E-state index is 12.5. The average molecular weight is 401 g/mol. The van der Waals surface area contributed by atoms with E-state index >= 15 is 0 Å². The molecule has 1 atom stereocenters. The summed E-state index contributed by atoms with van der Waals surface area (Å²) in [6, 6.07) is 15.6. The number of methoxy groups -OCH3 is 1. The minimum Gasteiger partial charge on any atom is -0.471 e. The van der Waals surface area contributed by atoms with Crippen LogP contribution in [-0.2, 0) is 14.3 Å². The van der Waals surface area contributed by atoms with Crippen molar-refractivity contribution in [3.63, 3.8) is 0 Å². The Morgan fingerprint density at radius 3 is 2.29 bits per heavy atom. The summed E-state index contributed by atoms with van der Waals surface area (Å²) in [5, 5.41) is 5.93. The van der Waals surface area contributed by atoms with E-state index in [2.05, 4.69) is 10.6 Å². The van der Waals surface area contributed by atoms with Crippen LogP contribution in [0.5, 0.6) is 0 Å². The molecule has 2 aromatic rings. The van der Waals surface area contributed by atoms with E-state index in [0.29, 0.717) is 10.7 Å². The second-order valence-electron chi connectivity index (χ2n) is 6.87. The van der Waals surface area contributed by atoms with E-state index < -0.39 is 23.5 Å². The van der Waals surface area contributed by atoms with E-state index in [9.17, 15) is 9.59 Å². The summed E-state index contributed by atoms with van der Waals surface area (Å²) in [6.45, 7) is 3.69. The number of urea groups is 1. The van der Waals surface area contributed by atoms with Gasteiger partial charge in [-0.1, -0.05) is 41.9 Å². The number of benzene rings is 2. The summed E-state index contributed by atoms with van der Waals surface area (Å²) >= 11 is 5.99. The number of ether oxygens (including phenoxy) is 2. The zero-order valence-electron chi connectivity index (χ0n) is 15.8. The van der Waals surface area contributed by atoms with Crippen molar-refractivity contribution in [3.8, 4) is 0 Å². The molecular weight excluding hydrogens is 380 g/mol. The largest absolute Gasteiger partial charge is 0.471 e. The van der Waals surface area contributed by atoms with Gasteiger partial charge in [-0.05, 0) is 43.7 Å². The van der Waals surface area contributed by atoms with Crippen LogP contribution in [0.2, 0.25) is 5.02 Å². The first kappa shape index (κ1) is 19.8. The van der Waals surface area contributed by atoms with Crippen molar-refractivity contribution in [3.05, 3.63) is 76.6 Å². The number of carbonyl (C=O) groups is 2. The third-order valence-corrected chi connectivity index (χ3v) is 4.71. The number of rotatable bonds is 4. The predicted molar refractivity (Wildman–Crippen MR) is 107 cm³/mol. The summed E-state index contributed by atoms with van der Waals surface area (Å²) in [6.07, 6.45) is 0. The highest BCUT2D eigenvalue weighted by molar-refractivity contribution is 6.30. The smallest absolute Gasteiger partial charge is 0.339 e. The Morgan fingerprint density at radius 2 is 1.68 bits per heavy atom. The zero-order valence-corrected chi connectivity index (χ0v) is 16.5. The molecule has 6 nitrogen and oxygen atoms in total. The van der Waals surface area contributed by atoms with Crippen molar-refractivity contribution < 1.29 is 19.1 Å². The molecule has 0 radical (unpaired) electrons. The number of esters is 1. The van der Waals surface area contributed by atoms with Crippen molar-refractivity contribution >= 4 is 29.3 Å². The predicted octanol–water partition coefficient (Wildman–Crippen LogP) is 4.44. The van der Waals surface area contributed by atoms with Gasteiger partial charge in [-0.25, -0.2) is 9.59 Å². The van der Waals surface area contributed by atoms with E-state index in [4.69, 9.17) is 21.1 Å². The zero-order chi connectivity index (χ0) is 20.3. The number of hydrogen-bond donors (Lipinski definition) is 2. The second kappa shape index (κ2) is 7.94. The Kier molecular flexibility index (Phi) is 5.61. The summed E-state index contributed by atoms with van der Waals surface area (Å²) < 4.78 is 10.9. The van der Waals surface area contributed by atoms with E-state index in [0.717, 1.165) is 5.56 Å². The Hall–Kier alpha value is -2.99. The highest BCUT2D eigenvalue weighted by Crippen LogP contribution is 2.45. The first-order valence-electron chi connectivity index (χ1n) is 8.72. The molecule has 0 saturated heterocycles. The lowest BCUT2D eigenvalue weighted by Crippen LogP contribution is -2.32. The van der Waals surface area contributed by atoms with Gasteiger partial charge in [0.25, 0.3) is 0 Å². The molecule has 1 heterocycles. The molecule has 2 aromatic carbocycles. The van der Waals surface area contributed by atoms with Gasteiger partial charge >= 0.3 is 12.0 Å².